The molecule has 0 radical (unpaired) electrons. The molecule has 1 unspecified atom stereocenters. The van der Waals surface area contributed by atoms with Gasteiger partial charge in [-0.15, -0.1) is 0 Å². The van der Waals surface area contributed by atoms with Crippen molar-refractivity contribution >= 4 is 5.78 Å². The summed E-state index contributed by atoms with van der Waals surface area (Å²) in [6.45, 7) is 0. The van der Waals surface area contributed by atoms with Gasteiger partial charge in [-0.2, -0.15) is 10.2 Å². The second-order valence-electron chi connectivity index (χ2n) is 6.26. The van der Waals surface area contributed by atoms with Gasteiger partial charge in [0.2, 0.25) is 5.43 Å². The molecule has 1 atom stereocenters. The second kappa shape index (κ2) is 6.47. The minimum Gasteiger partial charge on any atom is -0.299 e. The first kappa shape index (κ1) is 15.5. The van der Waals surface area contributed by atoms with Crippen molar-refractivity contribution in [3.05, 3.63) is 64.6 Å². The summed E-state index contributed by atoms with van der Waals surface area (Å²) < 4.78 is 1.75. The minimum atomic E-state index is -0.370. The van der Waals surface area contributed by atoms with Crippen molar-refractivity contribution in [2.75, 3.05) is 0 Å². The number of carbonyl (C=O) groups excluding carboxylic acids is 1. The molecule has 2 aromatic heterocycles. The largest absolute Gasteiger partial charge is 0.299 e. The van der Waals surface area contributed by atoms with Crippen LogP contribution in [0.2, 0.25) is 0 Å². The molecule has 4 rings (SSSR count). The summed E-state index contributed by atoms with van der Waals surface area (Å²) in [5, 5.41) is 11.5. The van der Waals surface area contributed by atoms with Gasteiger partial charge in [-0.05, 0) is 31.0 Å². The fourth-order valence-electron chi connectivity index (χ4n) is 3.35. The van der Waals surface area contributed by atoms with Gasteiger partial charge in [0.25, 0.3) is 0 Å². The van der Waals surface area contributed by atoms with E-state index in [0.717, 1.165) is 24.2 Å². The van der Waals surface area contributed by atoms with E-state index >= 15 is 0 Å². The Hall–Kier alpha value is -3.02. The normalized spacial score (nSPS) is 17.6. The van der Waals surface area contributed by atoms with Crippen molar-refractivity contribution in [2.45, 2.75) is 31.6 Å². The zero-order chi connectivity index (χ0) is 17.2. The number of aromatic amines is 1. The van der Waals surface area contributed by atoms with Crippen molar-refractivity contribution in [1.29, 1.82) is 0 Å². The molecule has 3 aromatic rings. The van der Waals surface area contributed by atoms with Crippen molar-refractivity contribution in [2.24, 2.45) is 0 Å². The molecule has 0 spiro atoms. The van der Waals surface area contributed by atoms with Crippen LogP contribution in [0.25, 0.3) is 17.1 Å². The number of para-hydroxylation sites is 1. The van der Waals surface area contributed by atoms with Crippen LogP contribution in [0.1, 0.15) is 37.3 Å². The molecule has 25 heavy (non-hydrogen) atoms. The van der Waals surface area contributed by atoms with Crippen molar-refractivity contribution in [3.8, 4) is 17.1 Å². The molecule has 2 heterocycles. The van der Waals surface area contributed by atoms with Crippen LogP contribution >= 0.6 is 0 Å². The first-order chi connectivity index (χ1) is 12.2. The number of Topliss-reactive ketones (excluding diaryl/α,β-unsaturated/α-hetero) is 1. The lowest BCUT2D eigenvalue weighted by Crippen LogP contribution is -2.25. The monoisotopic (exact) mass is 334 g/mol. The molecule has 1 aliphatic carbocycles. The molecule has 1 fully saturated rings. The third kappa shape index (κ3) is 2.91. The topological polar surface area (TPSA) is 80.6 Å². The quantitative estimate of drug-likeness (QED) is 0.798. The predicted octanol–water partition coefficient (Wildman–Crippen LogP) is 2.85. The molecule has 6 nitrogen and oxygen atoms in total. The highest BCUT2D eigenvalue weighted by molar-refractivity contribution is 5.85. The van der Waals surface area contributed by atoms with Crippen molar-refractivity contribution in [3.63, 3.8) is 0 Å². The van der Waals surface area contributed by atoms with Gasteiger partial charge in [0.15, 0.2) is 0 Å². The van der Waals surface area contributed by atoms with Crippen LogP contribution in [0.3, 0.4) is 0 Å². The minimum absolute atomic E-state index is 0.117. The van der Waals surface area contributed by atoms with Crippen LogP contribution in [0.5, 0.6) is 0 Å². The Kier molecular flexibility index (Phi) is 4.01. The smallest absolute Gasteiger partial charge is 0.204 e. The Morgan fingerprint density at radius 2 is 1.92 bits per heavy atom. The highest BCUT2D eigenvalue weighted by Crippen LogP contribution is 2.27. The molecule has 1 aromatic carbocycles. The molecule has 6 heteroatoms. The average Bonchev–Trinajstić information content (AvgIpc) is 3.13. The molecule has 126 valence electrons. The zero-order valence-corrected chi connectivity index (χ0v) is 13.7. The Morgan fingerprint density at radius 1 is 1.08 bits per heavy atom. The van der Waals surface area contributed by atoms with Crippen molar-refractivity contribution in [1.82, 2.24) is 20.0 Å². The molecular formula is C19H18N4O2. The van der Waals surface area contributed by atoms with Crippen LogP contribution in [0, 0.1) is 0 Å². The summed E-state index contributed by atoms with van der Waals surface area (Å²) in [5.41, 5.74) is 2.36. The molecule has 1 N–H and O–H groups in total. The molecule has 0 saturated heterocycles. The summed E-state index contributed by atoms with van der Waals surface area (Å²) in [4.78, 5) is 24.7. The summed E-state index contributed by atoms with van der Waals surface area (Å²) in [7, 11) is 0. The van der Waals surface area contributed by atoms with Crippen LogP contribution in [0.15, 0.2) is 53.5 Å². The van der Waals surface area contributed by atoms with Gasteiger partial charge in [-0.1, -0.05) is 24.6 Å². The highest BCUT2D eigenvalue weighted by Gasteiger charge is 2.27. The number of nitrogens with one attached hydrogen (secondary N) is 1. The number of ketones is 1. The van der Waals surface area contributed by atoms with E-state index in [1.165, 1.54) is 6.07 Å². The lowest BCUT2D eigenvalue weighted by atomic mass is 9.85. The van der Waals surface area contributed by atoms with E-state index in [4.69, 9.17) is 0 Å². The highest BCUT2D eigenvalue weighted by atomic mass is 16.1. The first-order valence-corrected chi connectivity index (χ1v) is 8.46. The number of benzene rings is 1. The van der Waals surface area contributed by atoms with E-state index < -0.39 is 0 Å². The standard InChI is InChI=1S/C19H18N4O2/c24-17-9-5-4-8-14(17)19-18(25)12-15(21-22-19)16-10-11-20-23(16)13-6-2-1-3-7-13/h1-3,6-7,10-12,14H,4-5,8-9H2,(H,21,25). The van der Waals surface area contributed by atoms with Crippen LogP contribution < -0.4 is 5.43 Å². The number of aromatic nitrogens is 4. The number of rotatable bonds is 3. The van der Waals surface area contributed by atoms with Gasteiger partial charge in [-0.25, -0.2) is 4.68 Å². The number of hydrogen-bond donors (Lipinski definition) is 1. The predicted molar refractivity (Wildman–Crippen MR) is 93.6 cm³/mol. The maximum atomic E-state index is 12.6. The number of H-pyrrole nitrogens is 1. The first-order valence-electron chi connectivity index (χ1n) is 8.46. The average molecular weight is 334 g/mol. The maximum absolute atomic E-state index is 12.6. The fourth-order valence-corrected chi connectivity index (χ4v) is 3.35. The Morgan fingerprint density at radius 3 is 2.68 bits per heavy atom. The van der Waals surface area contributed by atoms with Gasteiger partial charge < -0.3 is 0 Å². The summed E-state index contributed by atoms with van der Waals surface area (Å²) in [6.07, 6.45) is 4.78. The lowest BCUT2D eigenvalue weighted by Gasteiger charge is -2.19. The number of carbonyl (C=O) groups is 1. The Bertz CT molecular complexity index is 959. The SMILES string of the molecule is O=C1CCCCC1c1n[nH]c(-c2ccnn2-c2ccccc2)cc1=O. The lowest BCUT2D eigenvalue weighted by molar-refractivity contribution is -0.122. The van der Waals surface area contributed by atoms with Crippen LogP contribution in [-0.4, -0.2) is 25.8 Å². The fraction of sp³-hybridized carbons (Fsp3) is 0.263. The van der Waals surface area contributed by atoms with Crippen molar-refractivity contribution < 1.29 is 4.79 Å². The van der Waals surface area contributed by atoms with E-state index in [2.05, 4.69) is 15.3 Å². The van der Waals surface area contributed by atoms with E-state index in [-0.39, 0.29) is 17.1 Å². The van der Waals surface area contributed by atoms with E-state index in [0.29, 0.717) is 24.2 Å². The number of hydrogen-bond acceptors (Lipinski definition) is 4. The van der Waals surface area contributed by atoms with E-state index in [1.807, 2.05) is 36.4 Å². The summed E-state index contributed by atoms with van der Waals surface area (Å²) in [6, 6.07) is 13.0. The van der Waals surface area contributed by atoms with E-state index in [1.54, 1.807) is 10.9 Å². The molecule has 0 bridgehead atoms. The second-order valence-corrected chi connectivity index (χ2v) is 6.26. The van der Waals surface area contributed by atoms with Gasteiger partial charge in [0, 0.05) is 12.5 Å². The number of nitrogens with zero attached hydrogens (tertiary/aromatic N) is 3. The van der Waals surface area contributed by atoms with Crippen LogP contribution in [0.4, 0.5) is 0 Å². The molecule has 0 aliphatic heterocycles. The summed E-state index contributed by atoms with van der Waals surface area (Å²) >= 11 is 0. The third-order valence-corrected chi connectivity index (χ3v) is 4.63. The Balaban J connectivity index is 1.72. The molecule has 1 aliphatic rings. The Labute approximate surface area is 144 Å². The van der Waals surface area contributed by atoms with Gasteiger partial charge in [0.05, 0.1) is 29.2 Å². The maximum Gasteiger partial charge on any atom is 0.204 e. The molecule has 1 saturated carbocycles. The zero-order valence-electron chi connectivity index (χ0n) is 13.7. The van der Waals surface area contributed by atoms with Crippen LogP contribution in [-0.2, 0) is 4.79 Å². The molecule has 0 amide bonds. The molecular weight excluding hydrogens is 316 g/mol. The summed E-state index contributed by atoms with van der Waals surface area (Å²) in [5.74, 6) is -0.253. The third-order valence-electron chi connectivity index (χ3n) is 4.63. The van der Waals surface area contributed by atoms with Gasteiger partial charge >= 0.3 is 0 Å². The van der Waals surface area contributed by atoms with E-state index in [9.17, 15) is 9.59 Å². The van der Waals surface area contributed by atoms with Gasteiger partial charge in [-0.3, -0.25) is 14.7 Å². The van der Waals surface area contributed by atoms with Gasteiger partial charge in [0.1, 0.15) is 11.5 Å².